The fourth-order valence-corrected chi connectivity index (χ4v) is 2.93. The predicted molar refractivity (Wildman–Crippen MR) is 78.4 cm³/mol. The molecule has 10 heteroatoms. The summed E-state index contributed by atoms with van der Waals surface area (Å²) in [6.07, 6.45) is 0. The van der Waals surface area contributed by atoms with Crippen molar-refractivity contribution in [1.29, 1.82) is 0 Å². The van der Waals surface area contributed by atoms with Gasteiger partial charge >= 0.3 is 5.00 Å². The second-order valence-electron chi connectivity index (χ2n) is 3.81. The highest BCUT2D eigenvalue weighted by Crippen LogP contribution is 2.25. The van der Waals surface area contributed by atoms with Crippen LogP contribution in [-0.2, 0) is 9.05 Å². The number of rotatable bonds is 4. The molecule has 0 unspecified atom stereocenters. The van der Waals surface area contributed by atoms with Gasteiger partial charge in [-0.2, -0.15) is 0 Å². The minimum Gasteiger partial charge on any atom is -0.321 e. The second-order valence-corrected chi connectivity index (χ2v) is 7.44. The molecule has 21 heavy (non-hydrogen) atoms. The molecular weight excluding hydrogens is 340 g/mol. The Morgan fingerprint density at radius 1 is 1.19 bits per heavy atom. The largest absolute Gasteiger partial charge is 0.324 e. The molecule has 0 fully saturated rings. The molecule has 1 aromatic heterocycles. The highest BCUT2D eigenvalue weighted by atomic mass is 35.7. The average Bonchev–Trinajstić information content (AvgIpc) is 2.88. The van der Waals surface area contributed by atoms with E-state index in [0.717, 1.165) is 11.3 Å². The number of halogens is 1. The third-order valence-corrected chi connectivity index (χ3v) is 4.79. The Hall–Kier alpha value is -1.97. The van der Waals surface area contributed by atoms with E-state index in [-0.39, 0.29) is 14.8 Å². The number of thiophene rings is 1. The third-order valence-electron chi connectivity index (χ3n) is 2.39. The Morgan fingerprint density at radius 3 is 2.29 bits per heavy atom. The number of amides is 1. The molecule has 0 bridgehead atoms. The van der Waals surface area contributed by atoms with Gasteiger partial charge in [-0.1, -0.05) is 11.3 Å². The lowest BCUT2D eigenvalue weighted by atomic mass is 10.3. The molecule has 1 amide bonds. The molecule has 0 spiro atoms. The second kappa shape index (κ2) is 5.80. The summed E-state index contributed by atoms with van der Waals surface area (Å²) in [6.45, 7) is 0. The van der Waals surface area contributed by atoms with Crippen molar-refractivity contribution in [3.63, 3.8) is 0 Å². The molecule has 7 nitrogen and oxygen atoms in total. The van der Waals surface area contributed by atoms with E-state index in [1.807, 2.05) is 0 Å². The number of carbonyl (C=O) groups excluding carboxylic acids is 1. The molecule has 0 saturated heterocycles. The van der Waals surface area contributed by atoms with Crippen molar-refractivity contribution >= 4 is 47.7 Å². The van der Waals surface area contributed by atoms with Gasteiger partial charge in [0.2, 0.25) is 0 Å². The standard InChI is InChI=1S/C11H7ClN2O5S2/c12-21(18,19)8-3-1-7(2-4-8)13-11(15)9-5-6-10(20-9)14(16)17/h1-6H,(H,13,15). The maximum atomic E-state index is 11.9. The first-order chi connectivity index (χ1) is 9.77. The Morgan fingerprint density at radius 2 is 1.81 bits per heavy atom. The van der Waals surface area contributed by atoms with Crippen molar-refractivity contribution in [2.45, 2.75) is 4.90 Å². The lowest BCUT2D eigenvalue weighted by Crippen LogP contribution is -2.10. The van der Waals surface area contributed by atoms with E-state index < -0.39 is 19.9 Å². The van der Waals surface area contributed by atoms with E-state index in [1.165, 1.54) is 36.4 Å². The molecule has 0 aliphatic carbocycles. The maximum absolute atomic E-state index is 11.9. The van der Waals surface area contributed by atoms with Crippen molar-refractivity contribution in [2.75, 3.05) is 5.32 Å². The SMILES string of the molecule is O=C(Nc1ccc(S(=O)(=O)Cl)cc1)c1ccc([N+](=O)[O-])s1. The number of carbonyl (C=O) groups is 1. The van der Waals surface area contributed by atoms with E-state index in [9.17, 15) is 23.3 Å². The molecule has 1 heterocycles. The lowest BCUT2D eigenvalue weighted by Gasteiger charge is -2.03. The average molecular weight is 347 g/mol. The summed E-state index contributed by atoms with van der Waals surface area (Å²) < 4.78 is 22.1. The zero-order valence-electron chi connectivity index (χ0n) is 10.1. The number of hydrogen-bond acceptors (Lipinski definition) is 6. The molecule has 0 aliphatic rings. The fraction of sp³-hybridized carbons (Fsp3) is 0. The highest BCUT2D eigenvalue weighted by molar-refractivity contribution is 8.13. The molecule has 110 valence electrons. The Kier molecular flexibility index (Phi) is 4.26. The summed E-state index contributed by atoms with van der Waals surface area (Å²) in [4.78, 5) is 21.9. The number of anilines is 1. The first-order valence-corrected chi connectivity index (χ1v) is 8.50. The van der Waals surface area contributed by atoms with Gasteiger partial charge in [0.1, 0.15) is 0 Å². The van der Waals surface area contributed by atoms with Gasteiger partial charge in [0, 0.05) is 22.4 Å². The van der Waals surface area contributed by atoms with Crippen LogP contribution in [0.2, 0.25) is 0 Å². The molecule has 2 aromatic rings. The molecule has 1 N–H and O–H groups in total. The van der Waals surface area contributed by atoms with Crippen molar-refractivity contribution in [3.8, 4) is 0 Å². The van der Waals surface area contributed by atoms with E-state index >= 15 is 0 Å². The maximum Gasteiger partial charge on any atom is 0.324 e. The quantitative estimate of drug-likeness (QED) is 0.520. The Bertz CT molecular complexity index is 798. The van der Waals surface area contributed by atoms with Gasteiger partial charge in [0.25, 0.3) is 15.0 Å². The number of nitro groups is 1. The Labute approximate surface area is 127 Å². The number of hydrogen-bond donors (Lipinski definition) is 1. The summed E-state index contributed by atoms with van der Waals surface area (Å²) >= 11 is 0.748. The van der Waals surface area contributed by atoms with E-state index in [2.05, 4.69) is 5.32 Å². The topological polar surface area (TPSA) is 106 Å². The zero-order chi connectivity index (χ0) is 15.6. The van der Waals surface area contributed by atoms with Crippen molar-refractivity contribution < 1.29 is 18.1 Å². The van der Waals surface area contributed by atoms with Gasteiger partial charge in [-0.25, -0.2) is 8.42 Å². The van der Waals surface area contributed by atoms with Gasteiger partial charge in [-0.05, 0) is 30.3 Å². The fourth-order valence-electron chi connectivity index (χ4n) is 1.44. The van der Waals surface area contributed by atoms with Crippen LogP contribution in [-0.4, -0.2) is 19.2 Å². The summed E-state index contributed by atoms with van der Waals surface area (Å²) in [5.41, 5.74) is 0.347. The van der Waals surface area contributed by atoms with Gasteiger partial charge in [-0.15, -0.1) is 0 Å². The summed E-state index contributed by atoms with van der Waals surface area (Å²) in [5, 5.41) is 12.9. The molecule has 0 radical (unpaired) electrons. The molecule has 2 rings (SSSR count). The van der Waals surface area contributed by atoms with Crippen LogP contribution >= 0.6 is 22.0 Å². The third kappa shape index (κ3) is 3.78. The van der Waals surface area contributed by atoms with Crippen LogP contribution in [0.3, 0.4) is 0 Å². The molecule has 1 aromatic carbocycles. The number of nitrogens with zero attached hydrogens (tertiary/aromatic N) is 1. The first kappa shape index (κ1) is 15.4. The molecular formula is C11H7ClN2O5S2. The van der Waals surface area contributed by atoms with Gasteiger partial charge in [-0.3, -0.25) is 14.9 Å². The van der Waals surface area contributed by atoms with Gasteiger partial charge in [0.05, 0.1) is 14.7 Å². The van der Waals surface area contributed by atoms with Gasteiger partial charge < -0.3 is 5.32 Å². The smallest absolute Gasteiger partial charge is 0.321 e. The van der Waals surface area contributed by atoms with Crippen molar-refractivity contribution in [3.05, 3.63) is 51.4 Å². The van der Waals surface area contributed by atoms with E-state index in [0.29, 0.717) is 5.69 Å². The minimum absolute atomic E-state index is 0.0890. The highest BCUT2D eigenvalue weighted by Gasteiger charge is 2.16. The molecule has 0 atom stereocenters. The Balaban J connectivity index is 2.14. The summed E-state index contributed by atoms with van der Waals surface area (Å²) in [5.74, 6) is -0.519. The summed E-state index contributed by atoms with van der Waals surface area (Å²) in [7, 11) is 1.35. The lowest BCUT2D eigenvalue weighted by molar-refractivity contribution is -0.380. The van der Waals surface area contributed by atoms with E-state index in [1.54, 1.807) is 0 Å². The van der Waals surface area contributed by atoms with Crippen molar-refractivity contribution in [2.24, 2.45) is 0 Å². The minimum atomic E-state index is -3.82. The molecule has 0 aliphatic heterocycles. The van der Waals surface area contributed by atoms with Crippen LogP contribution in [0.5, 0.6) is 0 Å². The van der Waals surface area contributed by atoms with Crippen LogP contribution in [0.4, 0.5) is 10.7 Å². The first-order valence-electron chi connectivity index (χ1n) is 5.37. The monoisotopic (exact) mass is 346 g/mol. The zero-order valence-corrected chi connectivity index (χ0v) is 12.5. The van der Waals surface area contributed by atoms with Crippen molar-refractivity contribution in [1.82, 2.24) is 0 Å². The molecule has 0 saturated carbocycles. The number of benzene rings is 1. The van der Waals surface area contributed by atoms with Crippen LogP contribution in [0.15, 0.2) is 41.3 Å². The predicted octanol–water partition coefficient (Wildman–Crippen LogP) is 2.84. The normalized spacial score (nSPS) is 11.1. The van der Waals surface area contributed by atoms with E-state index in [4.69, 9.17) is 10.7 Å². The summed E-state index contributed by atoms with van der Waals surface area (Å²) in [6, 6.07) is 7.81. The van der Waals surface area contributed by atoms with Gasteiger partial charge in [0.15, 0.2) is 0 Å². The number of nitrogens with one attached hydrogen (secondary N) is 1. The van der Waals surface area contributed by atoms with Crippen LogP contribution in [0, 0.1) is 10.1 Å². The van der Waals surface area contributed by atoms with Crippen LogP contribution in [0.1, 0.15) is 9.67 Å². The van der Waals surface area contributed by atoms with Crippen LogP contribution in [0.25, 0.3) is 0 Å². The van der Waals surface area contributed by atoms with Crippen LogP contribution < -0.4 is 5.32 Å².